The molecule has 1 amide bonds. The van der Waals surface area contributed by atoms with Crippen molar-refractivity contribution in [3.63, 3.8) is 0 Å². The van der Waals surface area contributed by atoms with Gasteiger partial charge in [0.25, 0.3) is 11.6 Å². The van der Waals surface area contributed by atoms with Gasteiger partial charge in [0.05, 0.1) is 10.8 Å². The van der Waals surface area contributed by atoms with Crippen LogP contribution in [-0.4, -0.2) is 32.7 Å². The van der Waals surface area contributed by atoms with Gasteiger partial charge in [-0.3, -0.25) is 25.0 Å². The Bertz CT molecular complexity index is 718. The van der Waals surface area contributed by atoms with Crippen LogP contribution in [-0.2, 0) is 9.59 Å². The second-order valence-corrected chi connectivity index (χ2v) is 4.98. The van der Waals surface area contributed by atoms with E-state index >= 15 is 0 Å². The molecule has 1 aromatic carbocycles. The number of nitrogens with zero attached hydrogens (tertiary/aromatic N) is 3. The normalized spacial score (nSPS) is 10.1. The van der Waals surface area contributed by atoms with Gasteiger partial charge in [-0.1, -0.05) is 23.5 Å². The van der Waals surface area contributed by atoms with Crippen molar-refractivity contribution in [3.8, 4) is 10.6 Å². The number of ketones is 1. The van der Waals surface area contributed by atoms with Crippen LogP contribution in [0.4, 0.5) is 10.8 Å². The Balaban J connectivity index is 2.20. The van der Waals surface area contributed by atoms with Gasteiger partial charge in [-0.15, -0.1) is 21.8 Å². The number of nitro groups is 1. The number of carbonyl (C=O) groups is 2. The van der Waals surface area contributed by atoms with Gasteiger partial charge in [0.1, 0.15) is 5.01 Å². The van der Waals surface area contributed by atoms with E-state index in [2.05, 4.69) is 15.5 Å². The van der Waals surface area contributed by atoms with Gasteiger partial charge in [-0.2, -0.15) is 0 Å². The number of benzene rings is 1. The number of rotatable bonds is 5. The van der Waals surface area contributed by atoms with Crippen LogP contribution < -0.4 is 5.32 Å². The second kappa shape index (κ2) is 6.37. The highest BCUT2D eigenvalue weighted by atomic mass is 35.5. The van der Waals surface area contributed by atoms with Crippen LogP contribution in [0.1, 0.15) is 0 Å². The Kier molecular flexibility index (Phi) is 4.55. The second-order valence-electron chi connectivity index (χ2n) is 3.73. The first-order valence-electron chi connectivity index (χ1n) is 5.49. The van der Waals surface area contributed by atoms with E-state index in [-0.39, 0.29) is 10.8 Å². The van der Waals surface area contributed by atoms with E-state index in [1.807, 2.05) is 0 Å². The van der Waals surface area contributed by atoms with Crippen LogP contribution in [0.15, 0.2) is 24.3 Å². The summed E-state index contributed by atoms with van der Waals surface area (Å²) in [6.07, 6.45) is 0. The lowest BCUT2D eigenvalue weighted by Gasteiger charge is -1.96. The maximum atomic E-state index is 11.3. The fraction of sp³-hybridized carbons (Fsp3) is 0.0909. The van der Waals surface area contributed by atoms with E-state index in [4.69, 9.17) is 11.6 Å². The van der Waals surface area contributed by atoms with Gasteiger partial charge in [-0.05, 0) is 0 Å². The largest absolute Gasteiger partial charge is 0.294 e. The minimum atomic E-state index is -0.883. The van der Waals surface area contributed by atoms with Crippen molar-refractivity contribution in [2.75, 3.05) is 11.2 Å². The molecule has 108 valence electrons. The number of non-ortho nitro benzene ring substituents is 1. The first-order valence-corrected chi connectivity index (χ1v) is 6.85. The number of aromatic nitrogens is 2. The van der Waals surface area contributed by atoms with Crippen molar-refractivity contribution in [2.45, 2.75) is 0 Å². The van der Waals surface area contributed by atoms with Gasteiger partial charge in [0.15, 0.2) is 0 Å². The standard InChI is InChI=1S/C11H7ClN4O4S/c12-5-8(17)9(18)13-11-15-14-10(21-11)6-2-1-3-7(4-6)16(19)20/h1-4H,5H2,(H,13,15,18). The molecule has 0 radical (unpaired) electrons. The highest BCUT2D eigenvalue weighted by molar-refractivity contribution is 7.18. The lowest BCUT2D eigenvalue weighted by atomic mass is 10.2. The molecule has 8 nitrogen and oxygen atoms in total. The highest BCUT2D eigenvalue weighted by Crippen LogP contribution is 2.28. The number of halogens is 1. The van der Waals surface area contributed by atoms with Gasteiger partial charge >= 0.3 is 0 Å². The number of alkyl halides is 1. The molecule has 0 aliphatic carbocycles. The topological polar surface area (TPSA) is 115 Å². The summed E-state index contributed by atoms with van der Waals surface area (Å²) < 4.78 is 0. The third-order valence-electron chi connectivity index (χ3n) is 2.32. The molecular formula is C11H7ClN4O4S. The van der Waals surface area contributed by atoms with Crippen molar-refractivity contribution < 1.29 is 14.5 Å². The first kappa shape index (κ1) is 15.0. The predicted molar refractivity (Wildman–Crippen MR) is 76.4 cm³/mol. The molecule has 1 heterocycles. The summed E-state index contributed by atoms with van der Waals surface area (Å²) in [5.74, 6) is -2.10. The molecule has 0 saturated carbocycles. The number of hydrogen-bond donors (Lipinski definition) is 1. The highest BCUT2D eigenvalue weighted by Gasteiger charge is 2.16. The first-order chi connectivity index (χ1) is 10.0. The van der Waals surface area contributed by atoms with Crippen LogP contribution in [0.3, 0.4) is 0 Å². The van der Waals surface area contributed by atoms with Crippen LogP contribution in [0, 0.1) is 10.1 Å². The Morgan fingerprint density at radius 1 is 1.38 bits per heavy atom. The van der Waals surface area contributed by atoms with Gasteiger partial charge in [-0.25, -0.2) is 0 Å². The molecule has 21 heavy (non-hydrogen) atoms. The van der Waals surface area contributed by atoms with Crippen molar-refractivity contribution >= 4 is 45.4 Å². The summed E-state index contributed by atoms with van der Waals surface area (Å²) in [5.41, 5.74) is 0.413. The third-order valence-corrected chi connectivity index (χ3v) is 3.45. The minimum absolute atomic E-state index is 0.0781. The van der Waals surface area contributed by atoms with Gasteiger partial charge in [0.2, 0.25) is 10.9 Å². The number of Topliss-reactive ketones (excluding diaryl/α,β-unsaturated/α-hetero) is 1. The molecule has 2 aromatic rings. The van der Waals surface area contributed by atoms with Crippen LogP contribution >= 0.6 is 22.9 Å². The lowest BCUT2D eigenvalue weighted by molar-refractivity contribution is -0.384. The summed E-state index contributed by atoms with van der Waals surface area (Å²) in [4.78, 5) is 32.6. The molecule has 0 aliphatic rings. The van der Waals surface area contributed by atoms with E-state index in [0.717, 1.165) is 11.3 Å². The summed E-state index contributed by atoms with van der Waals surface area (Å²) in [6.45, 7) is 0. The monoisotopic (exact) mass is 326 g/mol. The number of hydrogen-bond acceptors (Lipinski definition) is 7. The van der Waals surface area contributed by atoms with E-state index in [9.17, 15) is 19.7 Å². The Morgan fingerprint density at radius 3 is 2.81 bits per heavy atom. The van der Waals surface area contributed by atoms with Crippen molar-refractivity contribution in [2.24, 2.45) is 0 Å². The Morgan fingerprint density at radius 2 is 2.14 bits per heavy atom. The van der Waals surface area contributed by atoms with E-state index < -0.39 is 22.5 Å². The van der Waals surface area contributed by atoms with Crippen molar-refractivity contribution in [3.05, 3.63) is 34.4 Å². The maximum absolute atomic E-state index is 11.3. The van der Waals surface area contributed by atoms with Crippen LogP contribution in [0.25, 0.3) is 10.6 Å². The zero-order chi connectivity index (χ0) is 15.4. The van der Waals surface area contributed by atoms with E-state index in [1.54, 1.807) is 6.07 Å². The van der Waals surface area contributed by atoms with Gasteiger partial charge in [0, 0.05) is 17.7 Å². The Hall–Kier alpha value is -2.39. The van der Waals surface area contributed by atoms with Crippen LogP contribution in [0.5, 0.6) is 0 Å². The fourth-order valence-electron chi connectivity index (χ4n) is 1.37. The third kappa shape index (κ3) is 3.58. The van der Waals surface area contributed by atoms with E-state index in [0.29, 0.717) is 10.6 Å². The minimum Gasteiger partial charge on any atom is -0.294 e. The molecule has 0 aliphatic heterocycles. The summed E-state index contributed by atoms with van der Waals surface area (Å²) in [7, 11) is 0. The number of amides is 1. The quantitative estimate of drug-likeness (QED) is 0.388. The molecule has 0 bridgehead atoms. The van der Waals surface area contributed by atoms with E-state index in [1.165, 1.54) is 18.2 Å². The number of carbonyl (C=O) groups excluding carboxylic acids is 2. The zero-order valence-electron chi connectivity index (χ0n) is 10.3. The molecule has 0 fully saturated rings. The van der Waals surface area contributed by atoms with Crippen molar-refractivity contribution in [1.29, 1.82) is 0 Å². The lowest BCUT2D eigenvalue weighted by Crippen LogP contribution is -2.23. The molecule has 0 spiro atoms. The zero-order valence-corrected chi connectivity index (χ0v) is 11.8. The number of anilines is 1. The Labute approximate surface area is 126 Å². The molecule has 0 saturated heterocycles. The summed E-state index contributed by atoms with van der Waals surface area (Å²) in [5, 5.41) is 21.0. The summed E-state index contributed by atoms with van der Waals surface area (Å²) in [6, 6.07) is 5.84. The van der Waals surface area contributed by atoms with Crippen LogP contribution in [0.2, 0.25) is 0 Å². The smallest absolute Gasteiger partial charge is 0.294 e. The fourth-order valence-corrected chi connectivity index (χ4v) is 2.23. The molecular weight excluding hydrogens is 320 g/mol. The number of nitro benzene ring substituents is 1. The molecule has 10 heteroatoms. The van der Waals surface area contributed by atoms with Gasteiger partial charge < -0.3 is 0 Å². The molecule has 0 atom stereocenters. The molecule has 2 rings (SSSR count). The SMILES string of the molecule is O=C(CCl)C(=O)Nc1nnc(-c2cccc([N+](=O)[O-])c2)s1. The average Bonchev–Trinajstić information content (AvgIpc) is 2.95. The molecule has 0 unspecified atom stereocenters. The summed E-state index contributed by atoms with van der Waals surface area (Å²) >= 11 is 6.24. The maximum Gasteiger partial charge on any atom is 0.294 e. The van der Waals surface area contributed by atoms with Crippen molar-refractivity contribution in [1.82, 2.24) is 10.2 Å². The average molecular weight is 327 g/mol. The molecule has 1 N–H and O–H groups in total. The predicted octanol–water partition coefficient (Wildman–Crippen LogP) is 1.86. The molecule has 1 aromatic heterocycles. The number of nitrogens with one attached hydrogen (secondary N) is 1.